The molecular weight excluding hydrogens is 218 g/mol. The molecule has 0 spiro atoms. The Bertz CT molecular complexity index is 388. The zero-order chi connectivity index (χ0) is 11.9. The molecule has 3 rings (SSSR count). The summed E-state index contributed by atoms with van der Waals surface area (Å²) in [6, 6.07) is 0.535. The summed E-state index contributed by atoms with van der Waals surface area (Å²) in [6.45, 7) is 4.56. The highest BCUT2D eigenvalue weighted by Crippen LogP contribution is 2.34. The van der Waals surface area contributed by atoms with Crippen LogP contribution in [0, 0.1) is 0 Å². The molecule has 2 aliphatic rings. The van der Waals surface area contributed by atoms with Crippen LogP contribution in [0.1, 0.15) is 44.5 Å². The second-order valence-electron chi connectivity index (χ2n) is 5.54. The van der Waals surface area contributed by atoms with Crippen LogP contribution in [-0.2, 0) is 6.54 Å². The van der Waals surface area contributed by atoms with E-state index >= 15 is 0 Å². The van der Waals surface area contributed by atoms with Gasteiger partial charge in [-0.15, -0.1) is 5.10 Å². The van der Waals surface area contributed by atoms with Gasteiger partial charge < -0.3 is 5.11 Å². The van der Waals surface area contributed by atoms with Crippen molar-refractivity contribution in [1.82, 2.24) is 25.1 Å². The molecule has 0 bridgehead atoms. The maximum absolute atomic E-state index is 9.90. The van der Waals surface area contributed by atoms with Crippen LogP contribution in [0.2, 0.25) is 0 Å². The monoisotopic (exact) mass is 237 g/mol. The average molecular weight is 237 g/mol. The van der Waals surface area contributed by atoms with E-state index in [1.165, 1.54) is 12.8 Å². The Hall–Kier alpha value is -1.01. The second kappa shape index (κ2) is 4.03. The van der Waals surface area contributed by atoms with E-state index in [2.05, 4.69) is 20.4 Å². The van der Waals surface area contributed by atoms with Crippen molar-refractivity contribution in [3.8, 4) is 0 Å². The molecular formula is C11H19N5O. The Morgan fingerprint density at radius 1 is 1.35 bits per heavy atom. The molecule has 0 radical (unpaired) electrons. The lowest BCUT2D eigenvalue weighted by molar-refractivity contribution is -0.00817. The fraction of sp³-hybridized carbons (Fsp3) is 0.909. The molecule has 1 N–H and O–H groups in total. The predicted octanol–water partition coefficient (Wildman–Crippen LogP) is 0.355. The molecule has 0 unspecified atom stereocenters. The van der Waals surface area contributed by atoms with Crippen LogP contribution in [0.3, 0.4) is 0 Å². The van der Waals surface area contributed by atoms with Crippen molar-refractivity contribution in [2.45, 2.75) is 50.8 Å². The van der Waals surface area contributed by atoms with Crippen LogP contribution < -0.4 is 0 Å². The van der Waals surface area contributed by atoms with Crippen LogP contribution in [0.4, 0.5) is 0 Å². The minimum Gasteiger partial charge on any atom is -0.390 e. The summed E-state index contributed by atoms with van der Waals surface area (Å²) in [7, 11) is 0. The topological polar surface area (TPSA) is 67.1 Å². The average Bonchev–Trinajstić information content (AvgIpc) is 3.03. The van der Waals surface area contributed by atoms with Gasteiger partial charge >= 0.3 is 0 Å². The van der Waals surface area contributed by atoms with Crippen molar-refractivity contribution in [3.63, 3.8) is 0 Å². The first kappa shape index (κ1) is 11.1. The van der Waals surface area contributed by atoms with Gasteiger partial charge in [0.1, 0.15) is 0 Å². The van der Waals surface area contributed by atoms with Gasteiger partial charge in [-0.3, -0.25) is 4.90 Å². The van der Waals surface area contributed by atoms with Crippen molar-refractivity contribution >= 4 is 0 Å². The maximum Gasteiger partial charge on any atom is 0.165 e. The number of aromatic nitrogens is 4. The largest absolute Gasteiger partial charge is 0.390 e. The molecule has 1 aromatic rings. The summed E-state index contributed by atoms with van der Waals surface area (Å²) in [4.78, 5) is 2.32. The van der Waals surface area contributed by atoms with E-state index in [9.17, 15) is 5.11 Å². The Kier molecular flexibility index (Phi) is 2.63. The molecule has 2 heterocycles. The quantitative estimate of drug-likeness (QED) is 0.822. The van der Waals surface area contributed by atoms with Crippen LogP contribution in [0.25, 0.3) is 0 Å². The van der Waals surface area contributed by atoms with Crippen molar-refractivity contribution in [2.24, 2.45) is 0 Å². The van der Waals surface area contributed by atoms with Crippen molar-refractivity contribution in [3.05, 3.63) is 5.82 Å². The van der Waals surface area contributed by atoms with Crippen LogP contribution >= 0.6 is 0 Å². The molecule has 6 heteroatoms. The molecule has 17 heavy (non-hydrogen) atoms. The zero-order valence-corrected chi connectivity index (χ0v) is 10.2. The Balaban J connectivity index is 1.61. The molecule has 0 amide bonds. The fourth-order valence-corrected chi connectivity index (χ4v) is 2.31. The van der Waals surface area contributed by atoms with Gasteiger partial charge in [0.25, 0.3) is 0 Å². The number of likely N-dealkylation sites (tertiary alicyclic amines) is 1. The zero-order valence-electron chi connectivity index (χ0n) is 10.2. The molecule has 1 aliphatic heterocycles. The highest BCUT2D eigenvalue weighted by Gasteiger charge is 2.31. The summed E-state index contributed by atoms with van der Waals surface area (Å²) in [6.07, 6.45) is 4.06. The first-order valence-corrected chi connectivity index (χ1v) is 6.35. The molecule has 6 nitrogen and oxygen atoms in total. The summed E-state index contributed by atoms with van der Waals surface area (Å²) in [5.41, 5.74) is -0.487. The van der Waals surface area contributed by atoms with Crippen LogP contribution in [-0.4, -0.2) is 48.9 Å². The Morgan fingerprint density at radius 2 is 2.06 bits per heavy atom. The van der Waals surface area contributed by atoms with Gasteiger partial charge in [0, 0.05) is 13.1 Å². The molecule has 1 aliphatic carbocycles. The first-order valence-electron chi connectivity index (χ1n) is 6.35. The van der Waals surface area contributed by atoms with Crippen LogP contribution in [0.5, 0.6) is 0 Å². The lowest BCUT2D eigenvalue weighted by Crippen LogP contribution is -2.42. The third-order valence-corrected chi connectivity index (χ3v) is 3.75. The third-order valence-electron chi connectivity index (χ3n) is 3.75. The van der Waals surface area contributed by atoms with Gasteiger partial charge in [-0.1, -0.05) is 0 Å². The van der Waals surface area contributed by atoms with Crippen molar-refractivity contribution in [1.29, 1.82) is 0 Å². The van der Waals surface area contributed by atoms with E-state index in [0.29, 0.717) is 6.04 Å². The second-order valence-corrected chi connectivity index (χ2v) is 5.54. The van der Waals surface area contributed by atoms with Gasteiger partial charge in [0.05, 0.1) is 18.2 Å². The van der Waals surface area contributed by atoms with E-state index in [4.69, 9.17) is 0 Å². The van der Waals surface area contributed by atoms with Crippen LogP contribution in [0.15, 0.2) is 0 Å². The summed E-state index contributed by atoms with van der Waals surface area (Å²) in [5.74, 6) is 0.967. The van der Waals surface area contributed by atoms with E-state index < -0.39 is 5.60 Å². The predicted molar refractivity (Wildman–Crippen MR) is 61.2 cm³/mol. The molecule has 2 fully saturated rings. The number of aliphatic hydroxyl groups is 1. The molecule has 0 aromatic carbocycles. The standard InChI is InChI=1S/C11H19N5O/c1-11(17)4-6-15(7-5-11)8-10-12-13-14-16(10)9-2-3-9/h9,17H,2-8H2,1H3. The summed E-state index contributed by atoms with van der Waals surface area (Å²) >= 11 is 0. The highest BCUT2D eigenvalue weighted by molar-refractivity contribution is 4.92. The SMILES string of the molecule is CC1(O)CCN(Cc2nnnn2C2CC2)CC1. The van der Waals surface area contributed by atoms with E-state index in [-0.39, 0.29) is 0 Å². The molecule has 1 aromatic heterocycles. The summed E-state index contributed by atoms with van der Waals surface area (Å²) < 4.78 is 1.97. The number of nitrogens with zero attached hydrogens (tertiary/aromatic N) is 5. The van der Waals surface area contributed by atoms with Crippen molar-refractivity contribution in [2.75, 3.05) is 13.1 Å². The van der Waals surface area contributed by atoms with Gasteiger partial charge in [-0.05, 0) is 43.0 Å². The van der Waals surface area contributed by atoms with Gasteiger partial charge in [0.15, 0.2) is 5.82 Å². The lowest BCUT2D eigenvalue weighted by atomic mass is 9.94. The number of rotatable bonds is 3. The lowest BCUT2D eigenvalue weighted by Gasteiger charge is -2.35. The third kappa shape index (κ3) is 2.47. The Labute approximate surface area is 101 Å². The molecule has 1 saturated heterocycles. The maximum atomic E-state index is 9.90. The minimum atomic E-state index is -0.487. The smallest absolute Gasteiger partial charge is 0.165 e. The first-order chi connectivity index (χ1) is 8.14. The molecule has 1 saturated carbocycles. The normalized spacial score (nSPS) is 25.1. The highest BCUT2D eigenvalue weighted by atomic mass is 16.3. The van der Waals surface area contributed by atoms with E-state index in [1.807, 2.05) is 11.6 Å². The number of hydrogen-bond donors (Lipinski definition) is 1. The number of hydrogen-bond acceptors (Lipinski definition) is 5. The number of piperidine rings is 1. The molecule has 0 atom stereocenters. The minimum absolute atomic E-state index is 0.487. The van der Waals surface area contributed by atoms with Gasteiger partial charge in [-0.2, -0.15) is 0 Å². The molecule has 94 valence electrons. The Morgan fingerprint density at radius 3 is 2.71 bits per heavy atom. The van der Waals surface area contributed by atoms with Crippen molar-refractivity contribution < 1.29 is 5.11 Å². The summed E-state index contributed by atoms with van der Waals surface area (Å²) in [5, 5.41) is 21.8. The van der Waals surface area contributed by atoms with Gasteiger partial charge in [0.2, 0.25) is 0 Å². The van der Waals surface area contributed by atoms with E-state index in [0.717, 1.165) is 38.3 Å². The van der Waals surface area contributed by atoms with Gasteiger partial charge in [-0.25, -0.2) is 4.68 Å². The fourth-order valence-electron chi connectivity index (χ4n) is 2.31. The van der Waals surface area contributed by atoms with E-state index in [1.54, 1.807) is 0 Å². The number of tetrazole rings is 1.